The van der Waals surface area contributed by atoms with Gasteiger partial charge in [-0.3, -0.25) is 39.2 Å². The molecule has 0 saturated heterocycles. The normalized spacial score (nSPS) is 11.2. The Morgan fingerprint density at radius 2 is 1.62 bits per heavy atom. The number of non-ortho nitro benzene ring substituents is 1. The Morgan fingerprint density at radius 3 is 2.14 bits per heavy atom. The number of ketones is 1. The standard InChI is InChI=1S/C21H31BrN4O10S/c1-37(34,35)36-13-12-24(11-10-22)21-17(14-16(25(30)31)15-18(21)26(32)33)19(27)8-6-4-2-3-5-7-9-20(28)23-29/h14-15,29H,2-13H2,1H3,(H,23,28). The van der Waals surface area contributed by atoms with Crippen molar-refractivity contribution < 1.29 is 37.2 Å². The van der Waals surface area contributed by atoms with E-state index in [-0.39, 0.29) is 43.8 Å². The largest absolute Gasteiger partial charge is 0.362 e. The summed E-state index contributed by atoms with van der Waals surface area (Å²) in [4.78, 5) is 47.1. The second-order valence-electron chi connectivity index (χ2n) is 8.16. The number of benzene rings is 1. The number of alkyl halides is 1. The summed E-state index contributed by atoms with van der Waals surface area (Å²) in [6.45, 7) is -0.320. The quantitative estimate of drug-likeness (QED) is 0.0441. The van der Waals surface area contributed by atoms with Gasteiger partial charge in [0.05, 0.1) is 34.3 Å². The van der Waals surface area contributed by atoms with E-state index in [1.807, 2.05) is 0 Å². The number of carbonyl (C=O) groups excluding carboxylic acids is 2. The van der Waals surface area contributed by atoms with Crippen LogP contribution >= 0.6 is 15.9 Å². The van der Waals surface area contributed by atoms with Crippen molar-refractivity contribution >= 4 is 54.8 Å². The first-order valence-corrected chi connectivity index (χ1v) is 14.4. The van der Waals surface area contributed by atoms with Gasteiger partial charge in [0, 0.05) is 37.3 Å². The van der Waals surface area contributed by atoms with Crippen molar-refractivity contribution in [3.05, 3.63) is 37.9 Å². The summed E-state index contributed by atoms with van der Waals surface area (Å²) in [6, 6.07) is 1.79. The molecule has 16 heteroatoms. The van der Waals surface area contributed by atoms with Crippen molar-refractivity contribution in [2.75, 3.05) is 36.2 Å². The average molecular weight is 611 g/mol. The number of Topliss-reactive ketones (excluding diaryl/α,β-unsaturated/α-hetero) is 1. The van der Waals surface area contributed by atoms with Crippen LogP contribution in [-0.4, -0.2) is 66.4 Å². The number of hydroxylamine groups is 1. The zero-order valence-corrected chi connectivity index (χ0v) is 22.8. The number of nitrogens with zero attached hydrogens (tertiary/aromatic N) is 3. The number of hydrogen-bond acceptors (Lipinski definition) is 11. The molecular weight excluding hydrogens is 580 g/mol. The van der Waals surface area contributed by atoms with E-state index >= 15 is 0 Å². The zero-order valence-electron chi connectivity index (χ0n) is 20.4. The van der Waals surface area contributed by atoms with Crippen LogP contribution in [0.5, 0.6) is 0 Å². The molecule has 0 aliphatic carbocycles. The van der Waals surface area contributed by atoms with E-state index in [4.69, 9.17) is 9.39 Å². The van der Waals surface area contributed by atoms with E-state index in [1.54, 1.807) is 5.48 Å². The number of hydrogen-bond donors (Lipinski definition) is 2. The maximum Gasteiger partial charge on any atom is 0.300 e. The van der Waals surface area contributed by atoms with Gasteiger partial charge in [-0.25, -0.2) is 5.48 Å². The number of nitro groups is 2. The van der Waals surface area contributed by atoms with Crippen LogP contribution in [-0.2, 0) is 19.1 Å². The maximum absolute atomic E-state index is 13.1. The monoisotopic (exact) mass is 610 g/mol. The molecule has 14 nitrogen and oxygen atoms in total. The van der Waals surface area contributed by atoms with E-state index in [9.17, 15) is 38.2 Å². The number of nitrogens with one attached hydrogen (secondary N) is 1. The summed E-state index contributed by atoms with van der Waals surface area (Å²) in [5, 5.41) is 32.0. The molecule has 1 aromatic rings. The van der Waals surface area contributed by atoms with Gasteiger partial charge in [-0.15, -0.1) is 0 Å². The second-order valence-corrected chi connectivity index (χ2v) is 10.6. The fourth-order valence-electron chi connectivity index (χ4n) is 3.60. The molecule has 0 bridgehead atoms. The summed E-state index contributed by atoms with van der Waals surface area (Å²) >= 11 is 3.23. The number of amides is 1. The van der Waals surface area contributed by atoms with Crippen LogP contribution in [0, 0.1) is 20.2 Å². The Morgan fingerprint density at radius 1 is 1.03 bits per heavy atom. The van der Waals surface area contributed by atoms with Crippen molar-refractivity contribution in [3.8, 4) is 0 Å². The van der Waals surface area contributed by atoms with Gasteiger partial charge in [-0.05, 0) is 12.8 Å². The van der Waals surface area contributed by atoms with Crippen molar-refractivity contribution in [1.29, 1.82) is 0 Å². The lowest BCUT2D eigenvalue weighted by Crippen LogP contribution is -2.32. The highest BCUT2D eigenvalue weighted by Gasteiger charge is 2.30. The summed E-state index contributed by atoms with van der Waals surface area (Å²) in [5.74, 6) is -0.964. The fraction of sp³-hybridized carbons (Fsp3) is 0.619. The van der Waals surface area contributed by atoms with Gasteiger partial charge in [-0.2, -0.15) is 8.42 Å². The van der Waals surface area contributed by atoms with E-state index in [1.165, 1.54) is 4.90 Å². The van der Waals surface area contributed by atoms with E-state index in [0.717, 1.165) is 37.7 Å². The minimum absolute atomic E-state index is 0.000230. The predicted octanol–water partition coefficient (Wildman–Crippen LogP) is 3.49. The Balaban J connectivity index is 3.07. The smallest absolute Gasteiger partial charge is 0.300 e. The topological polar surface area (TPSA) is 199 Å². The predicted molar refractivity (Wildman–Crippen MR) is 138 cm³/mol. The molecule has 0 atom stereocenters. The molecule has 0 aliphatic rings. The second kappa shape index (κ2) is 16.2. The Kier molecular flexibility index (Phi) is 14.2. The lowest BCUT2D eigenvalue weighted by atomic mass is 9.99. The van der Waals surface area contributed by atoms with E-state index < -0.39 is 43.0 Å². The average Bonchev–Trinajstić information content (AvgIpc) is 2.83. The van der Waals surface area contributed by atoms with E-state index in [0.29, 0.717) is 24.6 Å². The lowest BCUT2D eigenvalue weighted by Gasteiger charge is -2.25. The van der Waals surface area contributed by atoms with Crippen molar-refractivity contribution in [2.24, 2.45) is 0 Å². The molecule has 0 fully saturated rings. The van der Waals surface area contributed by atoms with Gasteiger partial charge in [0.2, 0.25) is 5.91 Å². The molecule has 0 radical (unpaired) electrons. The number of carbonyl (C=O) groups is 2. The number of anilines is 1. The minimum atomic E-state index is -3.78. The van der Waals surface area contributed by atoms with Crippen LogP contribution in [0.1, 0.15) is 61.7 Å². The summed E-state index contributed by atoms with van der Waals surface area (Å²) < 4.78 is 27.4. The summed E-state index contributed by atoms with van der Waals surface area (Å²) in [6.07, 6.45) is 5.13. The first kappa shape index (κ1) is 32.3. The SMILES string of the molecule is CS(=O)(=O)OCCN(CCBr)c1c(C(=O)CCCCCCCCC(=O)NO)cc([N+](=O)[O-])cc1[N+](=O)[O-]. The molecule has 0 spiro atoms. The van der Waals surface area contributed by atoms with Crippen molar-refractivity contribution in [3.63, 3.8) is 0 Å². The Bertz CT molecular complexity index is 1070. The van der Waals surface area contributed by atoms with Gasteiger partial charge in [0.25, 0.3) is 21.5 Å². The Hall–Kier alpha value is -2.69. The lowest BCUT2D eigenvalue weighted by molar-refractivity contribution is -0.393. The first-order valence-electron chi connectivity index (χ1n) is 11.5. The molecule has 0 aromatic heterocycles. The van der Waals surface area contributed by atoms with Crippen LogP contribution in [0.25, 0.3) is 0 Å². The van der Waals surface area contributed by atoms with Crippen molar-refractivity contribution in [2.45, 2.75) is 51.4 Å². The number of unbranched alkanes of at least 4 members (excludes halogenated alkanes) is 5. The number of rotatable bonds is 19. The van der Waals surface area contributed by atoms with Crippen LogP contribution < -0.4 is 10.4 Å². The first-order chi connectivity index (χ1) is 17.4. The molecular formula is C21H31BrN4O10S. The maximum atomic E-state index is 13.1. The molecule has 1 rings (SSSR count). The molecule has 0 unspecified atom stereocenters. The highest BCUT2D eigenvalue weighted by molar-refractivity contribution is 9.09. The van der Waals surface area contributed by atoms with Crippen LogP contribution in [0.4, 0.5) is 17.1 Å². The van der Waals surface area contributed by atoms with Crippen LogP contribution in [0.2, 0.25) is 0 Å². The third-order valence-electron chi connectivity index (χ3n) is 5.29. The zero-order chi connectivity index (χ0) is 28.0. The molecule has 0 heterocycles. The van der Waals surface area contributed by atoms with Crippen LogP contribution in [0.3, 0.4) is 0 Å². The molecule has 1 amide bonds. The molecule has 208 valence electrons. The minimum Gasteiger partial charge on any atom is -0.362 e. The highest BCUT2D eigenvalue weighted by atomic mass is 79.9. The van der Waals surface area contributed by atoms with Gasteiger partial charge in [-0.1, -0.05) is 41.6 Å². The molecule has 37 heavy (non-hydrogen) atoms. The fourth-order valence-corrected chi connectivity index (χ4v) is 4.40. The third-order valence-corrected chi connectivity index (χ3v) is 6.24. The number of nitro benzene ring substituents is 2. The molecule has 2 N–H and O–H groups in total. The summed E-state index contributed by atoms with van der Waals surface area (Å²) in [5.41, 5.74) is 0.0193. The number of halogens is 1. The van der Waals surface area contributed by atoms with E-state index in [2.05, 4.69) is 15.9 Å². The summed E-state index contributed by atoms with van der Waals surface area (Å²) in [7, 11) is -3.78. The Labute approximate surface area is 222 Å². The van der Waals surface area contributed by atoms with Gasteiger partial charge < -0.3 is 4.90 Å². The van der Waals surface area contributed by atoms with Crippen LogP contribution in [0.15, 0.2) is 12.1 Å². The molecule has 0 aliphatic heterocycles. The third kappa shape index (κ3) is 11.9. The highest BCUT2D eigenvalue weighted by Crippen LogP contribution is 2.37. The van der Waals surface area contributed by atoms with Gasteiger partial charge in [0.15, 0.2) is 5.78 Å². The van der Waals surface area contributed by atoms with Gasteiger partial charge in [0.1, 0.15) is 5.69 Å². The molecule has 0 saturated carbocycles. The van der Waals surface area contributed by atoms with Gasteiger partial charge >= 0.3 is 0 Å². The van der Waals surface area contributed by atoms with Crippen molar-refractivity contribution in [1.82, 2.24) is 5.48 Å². The molecule has 1 aromatic carbocycles.